The smallest absolute Gasteiger partial charge is 0.102 e. The molecule has 0 amide bonds. The van der Waals surface area contributed by atoms with E-state index in [2.05, 4.69) is 4.90 Å². The quantitative estimate of drug-likeness (QED) is 0.698. The number of likely N-dealkylation sites (tertiary alicyclic amines) is 1. The summed E-state index contributed by atoms with van der Waals surface area (Å²) in [4.78, 5) is 2.37. The van der Waals surface area contributed by atoms with Gasteiger partial charge in [-0.25, -0.2) is 4.39 Å². The fourth-order valence-electron chi connectivity index (χ4n) is 2.69. The first-order chi connectivity index (χ1) is 6.75. The summed E-state index contributed by atoms with van der Waals surface area (Å²) in [6.07, 6.45) is 4.70. The van der Waals surface area contributed by atoms with Crippen LogP contribution in [-0.2, 0) is 0 Å². The number of hydrogen-bond acceptors (Lipinski definition) is 2. The fraction of sp³-hybridized carbons (Fsp3) is 1.00. The highest BCUT2D eigenvalue weighted by Gasteiger charge is 2.28. The first-order valence-corrected chi connectivity index (χ1v) is 5.82. The molecule has 0 spiro atoms. The molecule has 2 rings (SSSR count). The van der Waals surface area contributed by atoms with E-state index in [0.717, 1.165) is 51.6 Å². The topological polar surface area (TPSA) is 23.5 Å². The Morgan fingerprint density at radius 3 is 2.43 bits per heavy atom. The largest absolute Gasteiger partial charge is 0.393 e. The average Bonchev–Trinajstić information content (AvgIpc) is 2.19. The minimum Gasteiger partial charge on any atom is -0.393 e. The molecule has 2 atom stereocenters. The zero-order valence-electron chi connectivity index (χ0n) is 8.66. The van der Waals surface area contributed by atoms with Gasteiger partial charge in [0.25, 0.3) is 0 Å². The fourth-order valence-corrected chi connectivity index (χ4v) is 2.69. The Hall–Kier alpha value is -0.150. The van der Waals surface area contributed by atoms with Gasteiger partial charge in [-0.3, -0.25) is 0 Å². The van der Waals surface area contributed by atoms with Crippen LogP contribution in [-0.4, -0.2) is 41.4 Å². The molecule has 82 valence electrons. The second-order valence-electron chi connectivity index (χ2n) is 4.68. The number of alkyl halides is 1. The van der Waals surface area contributed by atoms with E-state index in [-0.39, 0.29) is 6.10 Å². The maximum absolute atomic E-state index is 13.2. The van der Waals surface area contributed by atoms with E-state index in [1.807, 2.05) is 0 Å². The molecule has 1 saturated carbocycles. The van der Waals surface area contributed by atoms with Crippen LogP contribution >= 0.6 is 0 Å². The molecular formula is C11H20FNO. The molecule has 0 aromatic heterocycles. The summed E-state index contributed by atoms with van der Waals surface area (Å²) >= 11 is 0. The SMILES string of the molecule is OC1CCN(C2CCCC(F)C2)CC1. The van der Waals surface area contributed by atoms with Gasteiger partial charge in [-0.1, -0.05) is 0 Å². The van der Waals surface area contributed by atoms with Crippen molar-refractivity contribution in [2.24, 2.45) is 0 Å². The first-order valence-electron chi connectivity index (χ1n) is 5.82. The lowest BCUT2D eigenvalue weighted by molar-refractivity contribution is 0.0384. The van der Waals surface area contributed by atoms with Crippen molar-refractivity contribution in [2.45, 2.75) is 56.8 Å². The Labute approximate surface area is 85.1 Å². The predicted molar refractivity (Wildman–Crippen MR) is 54.0 cm³/mol. The van der Waals surface area contributed by atoms with E-state index in [0.29, 0.717) is 6.04 Å². The van der Waals surface area contributed by atoms with Crippen LogP contribution < -0.4 is 0 Å². The molecule has 1 saturated heterocycles. The maximum atomic E-state index is 13.2. The van der Waals surface area contributed by atoms with E-state index in [1.165, 1.54) is 0 Å². The summed E-state index contributed by atoms with van der Waals surface area (Å²) in [5.41, 5.74) is 0. The van der Waals surface area contributed by atoms with Crippen molar-refractivity contribution in [2.75, 3.05) is 13.1 Å². The molecule has 14 heavy (non-hydrogen) atoms. The third-order valence-corrected chi connectivity index (χ3v) is 3.60. The maximum Gasteiger partial charge on any atom is 0.102 e. The van der Waals surface area contributed by atoms with Crippen molar-refractivity contribution in [1.82, 2.24) is 4.90 Å². The summed E-state index contributed by atoms with van der Waals surface area (Å²) in [5, 5.41) is 9.38. The molecule has 1 heterocycles. The second kappa shape index (κ2) is 4.58. The first kappa shape index (κ1) is 10.4. The van der Waals surface area contributed by atoms with Gasteiger partial charge in [-0.05, 0) is 38.5 Å². The third-order valence-electron chi connectivity index (χ3n) is 3.60. The number of nitrogens with zero attached hydrogens (tertiary/aromatic N) is 1. The zero-order valence-corrected chi connectivity index (χ0v) is 8.66. The standard InChI is InChI=1S/C11H20FNO/c12-9-2-1-3-10(8-9)13-6-4-11(14)5-7-13/h9-11,14H,1-8H2. The molecular weight excluding hydrogens is 181 g/mol. The van der Waals surface area contributed by atoms with Crippen molar-refractivity contribution in [3.05, 3.63) is 0 Å². The van der Waals surface area contributed by atoms with Crippen molar-refractivity contribution >= 4 is 0 Å². The van der Waals surface area contributed by atoms with Gasteiger partial charge in [0, 0.05) is 19.1 Å². The molecule has 1 N–H and O–H groups in total. The lowest BCUT2D eigenvalue weighted by Crippen LogP contribution is -2.45. The van der Waals surface area contributed by atoms with Gasteiger partial charge in [-0.15, -0.1) is 0 Å². The van der Waals surface area contributed by atoms with Crippen LogP contribution in [0.15, 0.2) is 0 Å². The predicted octanol–water partition coefficient (Wildman–Crippen LogP) is 1.72. The highest BCUT2D eigenvalue weighted by Crippen LogP contribution is 2.27. The number of piperidine rings is 1. The molecule has 1 aliphatic carbocycles. The van der Waals surface area contributed by atoms with Crippen LogP contribution in [0.25, 0.3) is 0 Å². The highest BCUT2D eigenvalue weighted by molar-refractivity contribution is 4.83. The molecule has 2 unspecified atom stereocenters. The summed E-state index contributed by atoms with van der Waals surface area (Å²) in [5.74, 6) is 0. The Morgan fingerprint density at radius 1 is 1.07 bits per heavy atom. The Balaban J connectivity index is 1.82. The minimum atomic E-state index is -0.583. The molecule has 0 aromatic rings. The lowest BCUT2D eigenvalue weighted by Gasteiger charge is -2.38. The summed E-state index contributed by atoms with van der Waals surface area (Å²) < 4.78 is 13.2. The highest BCUT2D eigenvalue weighted by atomic mass is 19.1. The van der Waals surface area contributed by atoms with Crippen LogP contribution in [0.3, 0.4) is 0 Å². The Bertz CT molecular complexity index is 180. The number of rotatable bonds is 1. The van der Waals surface area contributed by atoms with E-state index >= 15 is 0 Å². The molecule has 1 aliphatic heterocycles. The number of hydrogen-bond donors (Lipinski definition) is 1. The van der Waals surface area contributed by atoms with Gasteiger partial charge < -0.3 is 10.0 Å². The molecule has 3 heteroatoms. The average molecular weight is 201 g/mol. The number of halogens is 1. The van der Waals surface area contributed by atoms with E-state index in [4.69, 9.17) is 0 Å². The number of aliphatic hydroxyl groups is 1. The van der Waals surface area contributed by atoms with E-state index < -0.39 is 6.17 Å². The normalized spacial score (nSPS) is 37.3. The second-order valence-corrected chi connectivity index (χ2v) is 4.68. The molecule has 2 aliphatic rings. The third kappa shape index (κ3) is 2.45. The van der Waals surface area contributed by atoms with Crippen LogP contribution in [0.4, 0.5) is 4.39 Å². The molecule has 0 bridgehead atoms. The Morgan fingerprint density at radius 2 is 1.79 bits per heavy atom. The summed E-state index contributed by atoms with van der Waals surface area (Å²) in [6, 6.07) is 0.450. The minimum absolute atomic E-state index is 0.115. The molecule has 2 fully saturated rings. The van der Waals surface area contributed by atoms with Gasteiger partial charge in [0.2, 0.25) is 0 Å². The van der Waals surface area contributed by atoms with Crippen molar-refractivity contribution in [3.8, 4) is 0 Å². The van der Waals surface area contributed by atoms with Crippen molar-refractivity contribution in [3.63, 3.8) is 0 Å². The van der Waals surface area contributed by atoms with Crippen LogP contribution in [0.5, 0.6) is 0 Å². The summed E-state index contributed by atoms with van der Waals surface area (Å²) in [7, 11) is 0. The van der Waals surface area contributed by atoms with Crippen LogP contribution in [0, 0.1) is 0 Å². The van der Waals surface area contributed by atoms with E-state index in [1.54, 1.807) is 0 Å². The van der Waals surface area contributed by atoms with Gasteiger partial charge in [0.1, 0.15) is 6.17 Å². The van der Waals surface area contributed by atoms with Gasteiger partial charge in [-0.2, -0.15) is 0 Å². The van der Waals surface area contributed by atoms with Gasteiger partial charge in [0.15, 0.2) is 0 Å². The van der Waals surface area contributed by atoms with Crippen molar-refractivity contribution in [1.29, 1.82) is 0 Å². The molecule has 2 nitrogen and oxygen atoms in total. The van der Waals surface area contributed by atoms with Crippen molar-refractivity contribution < 1.29 is 9.50 Å². The number of aliphatic hydroxyl groups excluding tert-OH is 1. The molecule has 0 aromatic carbocycles. The van der Waals surface area contributed by atoms with E-state index in [9.17, 15) is 9.50 Å². The lowest BCUT2D eigenvalue weighted by atomic mass is 9.91. The zero-order chi connectivity index (χ0) is 9.97. The summed E-state index contributed by atoms with van der Waals surface area (Å²) in [6.45, 7) is 1.91. The van der Waals surface area contributed by atoms with Gasteiger partial charge in [0.05, 0.1) is 6.10 Å². The van der Waals surface area contributed by atoms with Crippen LogP contribution in [0.2, 0.25) is 0 Å². The van der Waals surface area contributed by atoms with Gasteiger partial charge >= 0.3 is 0 Å². The monoisotopic (exact) mass is 201 g/mol. The van der Waals surface area contributed by atoms with Crippen LogP contribution in [0.1, 0.15) is 38.5 Å². The molecule has 0 radical (unpaired) electrons. The Kier molecular flexibility index (Phi) is 3.39.